The molecule has 1 aliphatic heterocycles. The molecule has 0 unspecified atom stereocenters. The van der Waals surface area contributed by atoms with Crippen LogP contribution >= 0.6 is 11.3 Å². The van der Waals surface area contributed by atoms with E-state index in [-0.39, 0.29) is 50.4 Å². The van der Waals surface area contributed by atoms with E-state index in [1.54, 1.807) is 12.1 Å². The number of carbonyl (C=O) groups is 2. The molecular weight excluding hydrogens is 630 g/mol. The molecular formula is C32H30F2N8O4S. The highest BCUT2D eigenvalue weighted by atomic mass is 32.1. The molecule has 3 amide bonds. The number of aromatic nitrogens is 3. The van der Waals surface area contributed by atoms with Crippen molar-refractivity contribution in [3.63, 3.8) is 0 Å². The summed E-state index contributed by atoms with van der Waals surface area (Å²) in [5.74, 6) is -2.45. The Labute approximate surface area is 272 Å². The number of thiazole rings is 1. The van der Waals surface area contributed by atoms with Crippen LogP contribution in [0.5, 0.6) is 5.75 Å². The maximum absolute atomic E-state index is 14.8. The molecule has 5 N–H and O–H groups in total. The fraction of sp³-hybridized carbons (Fsp3) is 0.219. The summed E-state index contributed by atoms with van der Waals surface area (Å²) in [6, 6.07) is 17.8. The van der Waals surface area contributed by atoms with Gasteiger partial charge in [0.05, 0.1) is 18.4 Å². The van der Waals surface area contributed by atoms with Crippen LogP contribution < -0.4 is 26.4 Å². The zero-order chi connectivity index (χ0) is 32.9. The van der Waals surface area contributed by atoms with E-state index in [9.17, 15) is 18.4 Å². The minimum atomic E-state index is -0.996. The molecule has 3 aromatic carbocycles. The number of likely N-dealkylation sites (tertiary alicyclic amines) is 1. The number of nitrogen functional groups attached to an aromatic ring is 1. The minimum absolute atomic E-state index is 0.00750. The van der Waals surface area contributed by atoms with E-state index in [2.05, 4.69) is 48.1 Å². The molecule has 1 saturated heterocycles. The fourth-order valence-electron chi connectivity index (χ4n) is 5.13. The number of methoxy groups -OCH3 is 1. The molecule has 12 nitrogen and oxygen atoms in total. The third-order valence-corrected chi connectivity index (χ3v) is 8.52. The largest absolute Gasteiger partial charge is 0.497 e. The van der Waals surface area contributed by atoms with Crippen LogP contribution in [0.1, 0.15) is 28.8 Å². The van der Waals surface area contributed by atoms with Crippen molar-refractivity contribution in [3.8, 4) is 27.9 Å². The van der Waals surface area contributed by atoms with Crippen LogP contribution in [0.25, 0.3) is 22.2 Å². The van der Waals surface area contributed by atoms with E-state index in [4.69, 9.17) is 15.0 Å². The lowest BCUT2D eigenvalue weighted by Crippen LogP contribution is -2.45. The van der Waals surface area contributed by atoms with Gasteiger partial charge < -0.3 is 25.6 Å². The Morgan fingerprint density at radius 3 is 2.57 bits per heavy atom. The Morgan fingerprint density at radius 1 is 1.02 bits per heavy atom. The zero-order valence-electron chi connectivity index (χ0n) is 25.1. The molecule has 3 heterocycles. The molecule has 0 radical (unpaired) electrons. The number of hydrogen-bond acceptors (Lipinski definition) is 10. The first-order valence-electron chi connectivity index (χ1n) is 14.6. The van der Waals surface area contributed by atoms with Crippen LogP contribution in [-0.4, -0.2) is 58.2 Å². The Balaban J connectivity index is 1.08. The van der Waals surface area contributed by atoms with Crippen molar-refractivity contribution >= 4 is 39.9 Å². The first-order valence-corrected chi connectivity index (χ1v) is 15.5. The number of hydrogen-bond donors (Lipinski definition) is 4. The normalized spacial score (nSPS) is 13.7. The van der Waals surface area contributed by atoms with Crippen LogP contribution in [0.3, 0.4) is 0 Å². The van der Waals surface area contributed by atoms with Gasteiger partial charge in [0.25, 0.3) is 11.8 Å². The summed E-state index contributed by atoms with van der Waals surface area (Å²) in [6.45, 7) is 2.59. The van der Waals surface area contributed by atoms with Gasteiger partial charge in [-0.1, -0.05) is 52.9 Å². The van der Waals surface area contributed by atoms with Crippen molar-refractivity contribution in [3.05, 3.63) is 89.5 Å². The third kappa shape index (κ3) is 7.53. The van der Waals surface area contributed by atoms with Gasteiger partial charge in [-0.3, -0.25) is 15.0 Å². The molecule has 0 saturated carbocycles. The van der Waals surface area contributed by atoms with Crippen LogP contribution in [0.2, 0.25) is 0 Å². The van der Waals surface area contributed by atoms with Crippen molar-refractivity contribution in [1.29, 1.82) is 0 Å². The summed E-state index contributed by atoms with van der Waals surface area (Å²) < 4.78 is 39.9. The third-order valence-electron chi connectivity index (χ3n) is 7.54. The summed E-state index contributed by atoms with van der Waals surface area (Å²) >= 11 is 0.998. The summed E-state index contributed by atoms with van der Waals surface area (Å²) in [6.07, 6.45) is 1.62. The number of anilines is 3. The van der Waals surface area contributed by atoms with E-state index in [1.165, 1.54) is 24.8 Å². The van der Waals surface area contributed by atoms with Crippen LogP contribution in [0.15, 0.2) is 71.3 Å². The second kappa shape index (κ2) is 13.9. The van der Waals surface area contributed by atoms with E-state index in [0.29, 0.717) is 11.8 Å². The quantitative estimate of drug-likeness (QED) is 0.154. The number of carbonyl (C=O) groups excluding carboxylic acids is 2. The van der Waals surface area contributed by atoms with Gasteiger partial charge in [0.2, 0.25) is 5.82 Å². The molecule has 0 aliphatic carbocycles. The van der Waals surface area contributed by atoms with Crippen molar-refractivity contribution in [2.24, 2.45) is 0 Å². The number of piperidine rings is 1. The van der Waals surface area contributed by atoms with Gasteiger partial charge in [-0.25, -0.2) is 18.6 Å². The molecule has 1 aliphatic rings. The second-order valence-electron chi connectivity index (χ2n) is 10.8. The number of nitrogens with one attached hydrogen (secondary N) is 3. The van der Waals surface area contributed by atoms with Crippen molar-refractivity contribution in [2.45, 2.75) is 25.4 Å². The van der Waals surface area contributed by atoms with Gasteiger partial charge in [0.15, 0.2) is 5.13 Å². The van der Waals surface area contributed by atoms with Crippen LogP contribution in [0, 0.1) is 11.6 Å². The molecule has 2 aromatic heterocycles. The van der Waals surface area contributed by atoms with Gasteiger partial charge in [0, 0.05) is 37.3 Å². The average molecular weight is 661 g/mol. The van der Waals surface area contributed by atoms with Gasteiger partial charge in [-0.2, -0.15) is 4.98 Å². The first-order chi connectivity index (χ1) is 22.7. The monoisotopic (exact) mass is 660 g/mol. The number of ether oxygens (including phenoxy) is 1. The van der Waals surface area contributed by atoms with Gasteiger partial charge in [-0.05, 0) is 42.7 Å². The number of halogens is 2. The number of amides is 3. The van der Waals surface area contributed by atoms with E-state index in [0.717, 1.165) is 49.9 Å². The SMILES string of the molecule is COc1cccc(C(=O)Nc2cc(-c3noc(-c4sc(NC(=O)NC5CCN(Cc6ccccc6)CC5)nc4N)n3)c(F)cc2F)c1. The molecule has 47 heavy (non-hydrogen) atoms. The molecule has 242 valence electrons. The van der Waals surface area contributed by atoms with Gasteiger partial charge in [0.1, 0.15) is 28.1 Å². The molecule has 0 bridgehead atoms. The van der Waals surface area contributed by atoms with Crippen molar-refractivity contribution < 1.29 is 27.6 Å². The Kier molecular flexibility index (Phi) is 9.35. The number of nitrogens with two attached hydrogens (primary N) is 1. The summed E-state index contributed by atoms with van der Waals surface area (Å²) in [4.78, 5) is 36.5. The minimum Gasteiger partial charge on any atom is -0.497 e. The Hall–Kier alpha value is -5.41. The van der Waals surface area contributed by atoms with Gasteiger partial charge in [-0.15, -0.1) is 0 Å². The maximum atomic E-state index is 14.8. The Bertz CT molecular complexity index is 1890. The highest BCUT2D eigenvalue weighted by Crippen LogP contribution is 2.36. The lowest BCUT2D eigenvalue weighted by molar-refractivity contribution is 0.102. The lowest BCUT2D eigenvalue weighted by Gasteiger charge is -2.32. The van der Waals surface area contributed by atoms with E-state index >= 15 is 0 Å². The van der Waals surface area contributed by atoms with E-state index < -0.39 is 23.6 Å². The molecule has 6 rings (SSSR count). The zero-order valence-corrected chi connectivity index (χ0v) is 25.9. The summed E-state index contributed by atoms with van der Waals surface area (Å²) in [5, 5.41) is 12.1. The average Bonchev–Trinajstić information content (AvgIpc) is 3.70. The first kappa shape index (κ1) is 31.6. The lowest BCUT2D eigenvalue weighted by atomic mass is 10.0. The van der Waals surface area contributed by atoms with Gasteiger partial charge >= 0.3 is 6.03 Å². The van der Waals surface area contributed by atoms with Crippen LogP contribution in [0.4, 0.5) is 30.2 Å². The summed E-state index contributed by atoms with van der Waals surface area (Å²) in [7, 11) is 1.45. The van der Waals surface area contributed by atoms with Crippen LogP contribution in [-0.2, 0) is 6.54 Å². The number of benzene rings is 3. The molecule has 1 fully saturated rings. The second-order valence-corrected chi connectivity index (χ2v) is 11.8. The van der Waals surface area contributed by atoms with Crippen molar-refractivity contribution in [1.82, 2.24) is 25.3 Å². The van der Waals surface area contributed by atoms with Crippen molar-refractivity contribution in [2.75, 3.05) is 36.6 Å². The fourth-order valence-corrected chi connectivity index (χ4v) is 5.94. The number of rotatable bonds is 9. The number of urea groups is 1. The molecule has 0 spiro atoms. The van der Waals surface area contributed by atoms with E-state index in [1.807, 2.05) is 18.2 Å². The predicted octanol–water partition coefficient (Wildman–Crippen LogP) is 5.77. The highest BCUT2D eigenvalue weighted by molar-refractivity contribution is 7.19. The molecule has 5 aromatic rings. The predicted molar refractivity (Wildman–Crippen MR) is 173 cm³/mol. The highest BCUT2D eigenvalue weighted by Gasteiger charge is 2.24. The number of nitrogens with zero attached hydrogens (tertiary/aromatic N) is 4. The summed E-state index contributed by atoms with van der Waals surface area (Å²) in [5.41, 5.74) is 7.02. The topological polar surface area (TPSA) is 161 Å². The standard InChI is InChI=1S/C32H30F2N8O4S/c1-45-21-9-5-8-19(14-21)29(43)37-25-15-22(23(33)16-24(25)34)28-39-30(46-41-28)26-27(35)38-32(47-26)40-31(44)36-20-10-12-42(13-11-20)17-18-6-3-2-4-7-18/h2-9,14-16,20H,10-13,17,35H2,1H3,(H,37,43)(H2,36,38,40,44). The molecule has 15 heteroatoms. The smallest absolute Gasteiger partial charge is 0.321 e. The Morgan fingerprint density at radius 2 is 1.81 bits per heavy atom. The maximum Gasteiger partial charge on any atom is 0.321 e. The molecule has 0 atom stereocenters.